The van der Waals surface area contributed by atoms with Crippen LogP contribution in [0.25, 0.3) is 0 Å². The Balaban J connectivity index is 1.84. The predicted molar refractivity (Wildman–Crippen MR) is 157 cm³/mol. The van der Waals surface area contributed by atoms with Crippen molar-refractivity contribution >= 4 is 17.9 Å². The molecule has 4 rings (SSSR count). The van der Waals surface area contributed by atoms with E-state index in [1.165, 1.54) is 19.4 Å². The first kappa shape index (κ1) is 31.8. The SMILES string of the molecule is CC(=O)OC[C@]12CCC(=O)OC(C)(C)C1=C[C@@H](OC(C)=O)[C@]1(C)C2CCC2[C@H](/C(C)=C\CCC(C)(C)O)CC[C@]21C. The molecule has 7 atom stereocenters. The van der Waals surface area contributed by atoms with Crippen molar-refractivity contribution in [1.29, 1.82) is 0 Å². The van der Waals surface area contributed by atoms with Gasteiger partial charge in [-0.1, -0.05) is 25.5 Å². The molecule has 2 unspecified atom stereocenters. The van der Waals surface area contributed by atoms with Crippen LogP contribution < -0.4 is 0 Å². The summed E-state index contributed by atoms with van der Waals surface area (Å²) >= 11 is 0. The van der Waals surface area contributed by atoms with Gasteiger partial charge in [0.15, 0.2) is 0 Å². The Labute approximate surface area is 246 Å². The zero-order valence-corrected chi connectivity index (χ0v) is 26.7. The summed E-state index contributed by atoms with van der Waals surface area (Å²) in [6.45, 7) is 17.5. The fourth-order valence-electron chi connectivity index (χ4n) is 9.56. The van der Waals surface area contributed by atoms with Gasteiger partial charge >= 0.3 is 17.9 Å². The number of carbonyl (C=O) groups excluding carboxylic acids is 3. The van der Waals surface area contributed by atoms with E-state index in [0.29, 0.717) is 18.3 Å². The quantitative estimate of drug-likeness (QED) is 0.212. The second-order valence-corrected chi connectivity index (χ2v) is 14.9. The molecule has 7 nitrogen and oxygen atoms in total. The van der Waals surface area contributed by atoms with E-state index in [-0.39, 0.29) is 42.3 Å². The lowest BCUT2D eigenvalue weighted by Crippen LogP contribution is -2.65. The Morgan fingerprint density at radius 1 is 1.07 bits per heavy atom. The molecule has 0 radical (unpaired) electrons. The topological polar surface area (TPSA) is 99.1 Å². The van der Waals surface area contributed by atoms with Gasteiger partial charge in [-0.05, 0) is 114 Å². The molecule has 0 aromatic carbocycles. The van der Waals surface area contributed by atoms with Crippen LogP contribution in [0.4, 0.5) is 0 Å². The van der Waals surface area contributed by atoms with Gasteiger partial charge in [0.1, 0.15) is 18.3 Å². The van der Waals surface area contributed by atoms with Gasteiger partial charge in [0.25, 0.3) is 0 Å². The van der Waals surface area contributed by atoms with Gasteiger partial charge < -0.3 is 19.3 Å². The molecule has 1 saturated heterocycles. The number of hydrogen-bond acceptors (Lipinski definition) is 7. The number of allylic oxidation sites excluding steroid dienone is 2. The minimum Gasteiger partial charge on any atom is -0.465 e. The third kappa shape index (κ3) is 5.52. The van der Waals surface area contributed by atoms with E-state index in [4.69, 9.17) is 14.2 Å². The second-order valence-electron chi connectivity index (χ2n) is 14.9. The first-order chi connectivity index (χ1) is 18.9. The first-order valence-corrected chi connectivity index (χ1v) is 15.5. The van der Waals surface area contributed by atoms with Gasteiger partial charge in [0.2, 0.25) is 0 Å². The van der Waals surface area contributed by atoms with E-state index < -0.39 is 28.1 Å². The molecule has 1 N–H and O–H groups in total. The number of fused-ring (bicyclic) bond motifs is 5. The minimum atomic E-state index is -0.927. The van der Waals surface area contributed by atoms with Gasteiger partial charge in [-0.15, -0.1) is 0 Å². The first-order valence-electron chi connectivity index (χ1n) is 15.5. The maximum atomic E-state index is 12.9. The van der Waals surface area contributed by atoms with Crippen LogP contribution in [0, 0.1) is 34.0 Å². The van der Waals surface area contributed by atoms with Crippen LogP contribution in [0.2, 0.25) is 0 Å². The number of cyclic esters (lactones) is 1. The van der Waals surface area contributed by atoms with Crippen LogP contribution >= 0.6 is 0 Å². The van der Waals surface area contributed by atoms with Crippen LogP contribution in [-0.2, 0) is 28.6 Å². The number of ether oxygens (including phenoxy) is 3. The largest absolute Gasteiger partial charge is 0.465 e. The molecule has 1 aliphatic heterocycles. The second kappa shape index (κ2) is 10.8. The summed E-state index contributed by atoms with van der Waals surface area (Å²) in [7, 11) is 0. The highest BCUT2D eigenvalue weighted by molar-refractivity contribution is 5.72. The van der Waals surface area contributed by atoms with E-state index in [1.807, 2.05) is 27.7 Å². The molecule has 0 amide bonds. The van der Waals surface area contributed by atoms with Gasteiger partial charge in [-0.3, -0.25) is 14.4 Å². The van der Waals surface area contributed by atoms with Gasteiger partial charge in [-0.2, -0.15) is 0 Å². The molecular formula is C34H52O7. The third-order valence-electron chi connectivity index (χ3n) is 11.5. The fourth-order valence-corrected chi connectivity index (χ4v) is 9.56. The zero-order chi connectivity index (χ0) is 30.6. The monoisotopic (exact) mass is 572 g/mol. The number of rotatable bonds is 7. The van der Waals surface area contributed by atoms with Crippen molar-refractivity contribution in [2.75, 3.05) is 6.61 Å². The number of esters is 3. The van der Waals surface area contributed by atoms with Crippen LogP contribution in [0.1, 0.15) is 114 Å². The predicted octanol–water partition coefficient (Wildman–Crippen LogP) is 6.47. The number of carbonyl (C=O) groups is 3. The molecule has 7 heteroatoms. The van der Waals surface area contributed by atoms with E-state index >= 15 is 0 Å². The lowest BCUT2D eigenvalue weighted by atomic mass is 9.39. The lowest BCUT2D eigenvalue weighted by molar-refractivity contribution is -0.203. The van der Waals surface area contributed by atoms with Crippen molar-refractivity contribution in [1.82, 2.24) is 0 Å². The summed E-state index contributed by atoms with van der Waals surface area (Å²) in [4.78, 5) is 37.7. The summed E-state index contributed by atoms with van der Waals surface area (Å²) in [6.07, 6.45) is 10.2. The Kier molecular flexibility index (Phi) is 8.40. The lowest BCUT2D eigenvalue weighted by Gasteiger charge is -2.66. The van der Waals surface area contributed by atoms with E-state index in [0.717, 1.165) is 44.1 Å². The van der Waals surface area contributed by atoms with Gasteiger partial charge in [0.05, 0.1) is 5.60 Å². The highest BCUT2D eigenvalue weighted by Gasteiger charge is 2.71. The van der Waals surface area contributed by atoms with E-state index in [2.05, 4.69) is 32.9 Å². The zero-order valence-electron chi connectivity index (χ0n) is 26.7. The molecule has 41 heavy (non-hydrogen) atoms. The maximum Gasteiger partial charge on any atom is 0.306 e. The smallest absolute Gasteiger partial charge is 0.306 e. The number of hydrogen-bond donors (Lipinski definition) is 1. The van der Waals surface area contributed by atoms with Crippen molar-refractivity contribution in [3.63, 3.8) is 0 Å². The van der Waals surface area contributed by atoms with E-state index in [1.54, 1.807) is 0 Å². The molecule has 1 heterocycles. The van der Waals surface area contributed by atoms with Gasteiger partial charge in [-0.25, -0.2) is 0 Å². The maximum absolute atomic E-state index is 12.9. The summed E-state index contributed by atoms with van der Waals surface area (Å²) in [6, 6.07) is 0. The number of aliphatic hydroxyl groups is 1. The molecule has 0 aromatic heterocycles. The van der Waals surface area contributed by atoms with Crippen molar-refractivity contribution < 1.29 is 33.7 Å². The summed E-state index contributed by atoms with van der Waals surface area (Å²) in [5, 5.41) is 10.2. The van der Waals surface area contributed by atoms with Crippen molar-refractivity contribution in [3.8, 4) is 0 Å². The molecule has 0 spiro atoms. The molecule has 0 bridgehead atoms. The Bertz CT molecular complexity index is 1130. The fraction of sp³-hybridized carbons (Fsp3) is 0.794. The average Bonchev–Trinajstić information content (AvgIpc) is 3.15. The summed E-state index contributed by atoms with van der Waals surface area (Å²) < 4.78 is 18.0. The Morgan fingerprint density at radius 3 is 2.37 bits per heavy atom. The molecule has 230 valence electrons. The standard InChI is InChI=1S/C34H52O7/c1-21(11-10-16-30(4,5)38)24-14-17-32(8)25(24)12-13-26-33(32,9)28(40-23(3)36)19-27-31(6,7)41-29(37)15-18-34(26,27)20-39-22(2)35/h11,19,24-26,28,38H,10,12-18,20H2,1-9H3/b21-11-/t24-,25?,26?,28+,32+,33-,34-/m0/s1. The van der Waals surface area contributed by atoms with Crippen molar-refractivity contribution in [2.45, 2.75) is 131 Å². The normalized spacial score (nSPS) is 38.4. The summed E-state index contributed by atoms with van der Waals surface area (Å²) in [5.41, 5.74) is -0.533. The molecule has 2 saturated carbocycles. The molecular weight excluding hydrogens is 520 g/mol. The molecule has 3 fully saturated rings. The molecule has 0 aromatic rings. The van der Waals surface area contributed by atoms with Crippen LogP contribution in [-0.4, -0.2) is 46.9 Å². The van der Waals surface area contributed by atoms with Gasteiger partial charge in [0, 0.05) is 31.1 Å². The van der Waals surface area contributed by atoms with Crippen molar-refractivity contribution in [2.24, 2.45) is 34.0 Å². The molecule has 4 aliphatic rings. The van der Waals surface area contributed by atoms with E-state index in [9.17, 15) is 19.5 Å². The highest BCUT2D eigenvalue weighted by Crippen LogP contribution is 2.73. The van der Waals surface area contributed by atoms with Crippen LogP contribution in [0.15, 0.2) is 23.3 Å². The van der Waals surface area contributed by atoms with Crippen LogP contribution in [0.3, 0.4) is 0 Å². The average molecular weight is 573 g/mol. The Hall–Kier alpha value is -2.15. The highest BCUT2D eigenvalue weighted by atomic mass is 16.6. The third-order valence-corrected chi connectivity index (χ3v) is 11.5. The summed E-state index contributed by atoms with van der Waals surface area (Å²) in [5.74, 6) is -0.0894. The van der Waals surface area contributed by atoms with Crippen LogP contribution in [0.5, 0.6) is 0 Å². The molecule has 3 aliphatic carbocycles. The van der Waals surface area contributed by atoms with Crippen molar-refractivity contribution in [3.05, 3.63) is 23.3 Å². The Morgan fingerprint density at radius 2 is 1.76 bits per heavy atom. The minimum absolute atomic E-state index is 0.0203.